The van der Waals surface area contributed by atoms with E-state index in [1.807, 2.05) is 30.9 Å². The Labute approximate surface area is 194 Å². The molecule has 1 saturated heterocycles. The fourth-order valence-corrected chi connectivity index (χ4v) is 3.69. The largest absolute Gasteiger partial charge is 0.489 e. The number of amides is 1. The maximum Gasteiger partial charge on any atom is 0.225 e. The van der Waals surface area contributed by atoms with Gasteiger partial charge in [-0.1, -0.05) is 25.4 Å². The number of ether oxygens (including phenoxy) is 2. The maximum absolute atomic E-state index is 12.1. The molecule has 0 aliphatic carbocycles. The van der Waals surface area contributed by atoms with Crippen molar-refractivity contribution in [3.05, 3.63) is 22.7 Å². The van der Waals surface area contributed by atoms with E-state index in [0.29, 0.717) is 48.8 Å². The summed E-state index contributed by atoms with van der Waals surface area (Å²) in [7, 11) is 1.74. The van der Waals surface area contributed by atoms with Crippen LogP contribution < -0.4 is 20.1 Å². The van der Waals surface area contributed by atoms with E-state index in [4.69, 9.17) is 21.1 Å². The minimum Gasteiger partial charge on any atom is -0.489 e. The zero-order chi connectivity index (χ0) is 20.1. The molecule has 0 radical (unpaired) electrons. The van der Waals surface area contributed by atoms with Crippen LogP contribution in [0.25, 0.3) is 0 Å². The molecule has 3 rings (SSSR count). The monoisotopic (exact) mass is 536 g/mol. The van der Waals surface area contributed by atoms with E-state index in [2.05, 4.69) is 15.6 Å². The van der Waals surface area contributed by atoms with Crippen LogP contribution in [0, 0.1) is 5.92 Å². The molecular formula is C20H30ClIN4O3. The van der Waals surface area contributed by atoms with Crippen LogP contribution in [0.2, 0.25) is 5.02 Å². The summed E-state index contributed by atoms with van der Waals surface area (Å²) in [4.78, 5) is 18.4. The van der Waals surface area contributed by atoms with Gasteiger partial charge < -0.3 is 25.0 Å². The minimum absolute atomic E-state index is 0. The Balaban J connectivity index is 0.00000300. The highest BCUT2D eigenvalue weighted by atomic mass is 127. The molecule has 1 fully saturated rings. The van der Waals surface area contributed by atoms with Gasteiger partial charge in [0.15, 0.2) is 17.5 Å². The van der Waals surface area contributed by atoms with Crippen LogP contribution in [0.15, 0.2) is 17.1 Å². The molecule has 1 amide bonds. The average Bonchev–Trinajstić information content (AvgIpc) is 3.00. The van der Waals surface area contributed by atoms with Gasteiger partial charge >= 0.3 is 0 Å². The Morgan fingerprint density at radius 2 is 2.10 bits per heavy atom. The zero-order valence-corrected chi connectivity index (χ0v) is 20.3. The molecule has 0 saturated carbocycles. The van der Waals surface area contributed by atoms with Gasteiger partial charge in [0.25, 0.3) is 0 Å². The molecule has 2 aliphatic heterocycles. The molecule has 0 aromatic heterocycles. The van der Waals surface area contributed by atoms with Crippen LogP contribution in [0.4, 0.5) is 0 Å². The van der Waals surface area contributed by atoms with Crippen LogP contribution in [0.1, 0.15) is 32.3 Å². The lowest BCUT2D eigenvalue weighted by Crippen LogP contribution is -2.45. The summed E-state index contributed by atoms with van der Waals surface area (Å²) in [5.74, 6) is 2.23. The van der Waals surface area contributed by atoms with Gasteiger partial charge in [0.05, 0.1) is 18.2 Å². The van der Waals surface area contributed by atoms with E-state index in [9.17, 15) is 4.79 Å². The van der Waals surface area contributed by atoms with Gasteiger partial charge in [-0.2, -0.15) is 0 Å². The van der Waals surface area contributed by atoms with Crippen molar-refractivity contribution in [3.63, 3.8) is 0 Å². The van der Waals surface area contributed by atoms with Crippen molar-refractivity contribution in [1.29, 1.82) is 0 Å². The molecule has 0 spiro atoms. The average molecular weight is 537 g/mol. The van der Waals surface area contributed by atoms with E-state index in [-0.39, 0.29) is 41.8 Å². The number of likely N-dealkylation sites (tertiary alicyclic amines) is 1. The van der Waals surface area contributed by atoms with Gasteiger partial charge in [-0.15, -0.1) is 24.0 Å². The van der Waals surface area contributed by atoms with Crippen LogP contribution >= 0.6 is 35.6 Å². The normalized spacial score (nSPS) is 18.9. The first-order valence-corrected chi connectivity index (χ1v) is 10.2. The molecule has 2 heterocycles. The third kappa shape index (κ3) is 6.28. The lowest BCUT2D eigenvalue weighted by Gasteiger charge is -2.20. The summed E-state index contributed by atoms with van der Waals surface area (Å²) in [5.41, 5.74) is 0.986. The van der Waals surface area contributed by atoms with Crippen LogP contribution in [-0.2, 0) is 11.3 Å². The molecule has 2 N–H and O–H groups in total. The molecule has 9 heteroatoms. The number of carbonyl (C=O) groups excluding carboxylic acids is 1. The zero-order valence-electron chi connectivity index (χ0n) is 17.2. The molecule has 1 atom stereocenters. The number of halogens is 2. The van der Waals surface area contributed by atoms with Crippen molar-refractivity contribution >= 4 is 47.4 Å². The first kappa shape index (κ1) is 23.9. The number of aliphatic imine (C=N–C) groups is 1. The highest BCUT2D eigenvalue weighted by Crippen LogP contribution is 2.37. The van der Waals surface area contributed by atoms with E-state index in [0.717, 1.165) is 24.9 Å². The first-order valence-electron chi connectivity index (χ1n) is 9.82. The van der Waals surface area contributed by atoms with E-state index < -0.39 is 0 Å². The Morgan fingerprint density at radius 1 is 1.34 bits per heavy atom. The molecule has 2 aliphatic rings. The quantitative estimate of drug-likeness (QED) is 0.352. The fraction of sp³-hybridized carbons (Fsp3) is 0.600. The number of rotatable bonds is 4. The number of hydrogen-bond donors (Lipinski definition) is 2. The second-order valence-corrected chi connectivity index (χ2v) is 7.86. The first-order chi connectivity index (χ1) is 13.5. The van der Waals surface area contributed by atoms with Crippen molar-refractivity contribution in [2.75, 3.05) is 33.4 Å². The summed E-state index contributed by atoms with van der Waals surface area (Å²) < 4.78 is 11.4. The van der Waals surface area contributed by atoms with Gasteiger partial charge in [0.1, 0.15) is 0 Å². The molecule has 162 valence electrons. The smallest absolute Gasteiger partial charge is 0.225 e. The number of nitrogens with zero attached hydrogens (tertiary/aromatic N) is 2. The number of guanidine groups is 1. The van der Waals surface area contributed by atoms with E-state index in [1.54, 1.807) is 7.05 Å². The summed E-state index contributed by atoms with van der Waals surface area (Å²) in [5, 5.41) is 7.27. The van der Waals surface area contributed by atoms with Crippen molar-refractivity contribution in [2.24, 2.45) is 10.9 Å². The molecule has 1 aromatic rings. The molecule has 0 bridgehead atoms. The Kier molecular flexibility index (Phi) is 9.13. The van der Waals surface area contributed by atoms with Gasteiger partial charge in [0.2, 0.25) is 5.91 Å². The standard InChI is InChI=1S/C20H29ClN4O3.HI/c1-13(2)19(26)25-6-5-15(12-25)24-20(22-3)23-11-14-9-16(21)18-17(10-14)27-7-4-8-28-18;/h9-10,13,15H,4-8,11-12H2,1-3H3,(H2,22,23,24);1H. The molecule has 1 aromatic carbocycles. The second-order valence-electron chi connectivity index (χ2n) is 7.45. The van der Waals surface area contributed by atoms with Crippen LogP contribution in [0.5, 0.6) is 11.5 Å². The SMILES string of the molecule is CN=C(NCc1cc(Cl)c2c(c1)OCCCO2)NC1CCN(C(=O)C(C)C)C1.I. The van der Waals surface area contributed by atoms with Gasteiger partial charge in [-0.25, -0.2) is 0 Å². The summed E-state index contributed by atoms with van der Waals surface area (Å²) in [6.07, 6.45) is 1.75. The fourth-order valence-electron chi connectivity index (χ4n) is 3.40. The number of hydrogen-bond acceptors (Lipinski definition) is 4. The lowest BCUT2D eigenvalue weighted by molar-refractivity contribution is -0.133. The molecule has 29 heavy (non-hydrogen) atoms. The van der Waals surface area contributed by atoms with Crippen LogP contribution in [0.3, 0.4) is 0 Å². The lowest BCUT2D eigenvalue weighted by atomic mass is 10.2. The maximum atomic E-state index is 12.1. The van der Waals surface area contributed by atoms with Crippen molar-refractivity contribution in [2.45, 2.75) is 39.3 Å². The highest BCUT2D eigenvalue weighted by Gasteiger charge is 2.28. The summed E-state index contributed by atoms with van der Waals surface area (Å²) in [6.45, 7) is 7.14. The third-order valence-corrected chi connectivity index (χ3v) is 5.16. The number of fused-ring (bicyclic) bond motifs is 1. The highest BCUT2D eigenvalue weighted by molar-refractivity contribution is 14.0. The third-order valence-electron chi connectivity index (χ3n) is 4.88. The minimum atomic E-state index is 0. The number of benzene rings is 1. The van der Waals surface area contributed by atoms with Crippen molar-refractivity contribution in [1.82, 2.24) is 15.5 Å². The van der Waals surface area contributed by atoms with Gasteiger partial charge in [-0.3, -0.25) is 9.79 Å². The van der Waals surface area contributed by atoms with Crippen LogP contribution in [-0.4, -0.2) is 56.2 Å². The van der Waals surface area contributed by atoms with Crippen molar-refractivity contribution in [3.8, 4) is 11.5 Å². The van der Waals surface area contributed by atoms with E-state index in [1.165, 1.54) is 0 Å². The van der Waals surface area contributed by atoms with E-state index >= 15 is 0 Å². The van der Waals surface area contributed by atoms with Gasteiger partial charge in [-0.05, 0) is 24.1 Å². The summed E-state index contributed by atoms with van der Waals surface area (Å²) >= 11 is 6.36. The predicted molar refractivity (Wildman–Crippen MR) is 126 cm³/mol. The molecular weight excluding hydrogens is 507 g/mol. The topological polar surface area (TPSA) is 75.2 Å². The second kappa shape index (κ2) is 11.1. The molecule has 1 unspecified atom stereocenters. The Morgan fingerprint density at radius 3 is 2.83 bits per heavy atom. The van der Waals surface area contributed by atoms with Crippen molar-refractivity contribution < 1.29 is 14.3 Å². The molecule has 7 nitrogen and oxygen atoms in total. The Bertz CT molecular complexity index is 745. The number of nitrogens with one attached hydrogen (secondary N) is 2. The Hall–Kier alpha value is -1.42. The summed E-state index contributed by atoms with van der Waals surface area (Å²) in [6, 6.07) is 4.03. The number of carbonyl (C=O) groups is 1. The van der Waals surface area contributed by atoms with Gasteiger partial charge in [0, 0.05) is 45.1 Å². The predicted octanol–water partition coefficient (Wildman–Crippen LogP) is 3.04.